The highest BCUT2D eigenvalue weighted by atomic mass is 19.1. The van der Waals surface area contributed by atoms with Gasteiger partial charge in [0.15, 0.2) is 0 Å². The summed E-state index contributed by atoms with van der Waals surface area (Å²) in [5, 5.41) is 12.5. The Morgan fingerprint density at radius 3 is 2.60 bits per heavy atom. The summed E-state index contributed by atoms with van der Waals surface area (Å²) < 4.78 is 26.3. The number of amides is 1. The fourth-order valence-electron chi connectivity index (χ4n) is 2.04. The molecule has 1 aromatic rings. The maximum absolute atomic E-state index is 13.5. The SMILES string of the molecule is CNC(=O)C(C)CN(C)CC(O)c1ccc(F)cc1F. The largest absolute Gasteiger partial charge is 0.387 e. The molecule has 0 spiro atoms. The van der Waals surface area contributed by atoms with Crippen LogP contribution in [0.4, 0.5) is 8.78 Å². The molecule has 1 rings (SSSR count). The van der Waals surface area contributed by atoms with E-state index < -0.39 is 17.7 Å². The van der Waals surface area contributed by atoms with Crippen molar-refractivity contribution in [3.63, 3.8) is 0 Å². The average molecular weight is 286 g/mol. The Kier molecular flexibility index (Phi) is 6.04. The summed E-state index contributed by atoms with van der Waals surface area (Å²) >= 11 is 0. The van der Waals surface area contributed by atoms with Crippen LogP contribution in [0.1, 0.15) is 18.6 Å². The summed E-state index contributed by atoms with van der Waals surface area (Å²) in [6, 6.07) is 3.08. The molecule has 2 N–H and O–H groups in total. The number of aliphatic hydroxyl groups is 1. The molecule has 0 heterocycles. The second-order valence-corrected chi connectivity index (χ2v) is 4.92. The van der Waals surface area contributed by atoms with E-state index in [4.69, 9.17) is 0 Å². The molecule has 6 heteroatoms. The number of carbonyl (C=O) groups is 1. The molecule has 20 heavy (non-hydrogen) atoms. The number of aliphatic hydroxyl groups excluding tert-OH is 1. The molecule has 0 saturated heterocycles. The topological polar surface area (TPSA) is 52.6 Å². The Morgan fingerprint density at radius 2 is 2.05 bits per heavy atom. The normalized spacial score (nSPS) is 14.2. The zero-order valence-corrected chi connectivity index (χ0v) is 11.9. The van der Waals surface area contributed by atoms with Crippen molar-refractivity contribution in [3.8, 4) is 0 Å². The predicted octanol–water partition coefficient (Wildman–Crippen LogP) is 1.31. The molecule has 0 bridgehead atoms. The third-order valence-electron chi connectivity index (χ3n) is 3.09. The van der Waals surface area contributed by atoms with Gasteiger partial charge in [0.25, 0.3) is 0 Å². The first-order valence-corrected chi connectivity index (χ1v) is 6.38. The summed E-state index contributed by atoms with van der Waals surface area (Å²) in [4.78, 5) is 13.1. The van der Waals surface area contributed by atoms with E-state index in [2.05, 4.69) is 5.32 Å². The first-order chi connectivity index (χ1) is 9.35. The van der Waals surface area contributed by atoms with Gasteiger partial charge >= 0.3 is 0 Å². The number of hydrogen-bond acceptors (Lipinski definition) is 3. The van der Waals surface area contributed by atoms with Crippen LogP contribution in [0.3, 0.4) is 0 Å². The molecular weight excluding hydrogens is 266 g/mol. The van der Waals surface area contributed by atoms with Crippen LogP contribution in [0.15, 0.2) is 18.2 Å². The minimum absolute atomic E-state index is 0.0471. The summed E-state index contributed by atoms with van der Waals surface area (Å²) in [6.07, 6.45) is -1.07. The molecule has 4 nitrogen and oxygen atoms in total. The number of hydrogen-bond donors (Lipinski definition) is 2. The van der Waals surface area contributed by atoms with Gasteiger partial charge in [0, 0.05) is 37.7 Å². The van der Waals surface area contributed by atoms with Crippen LogP contribution in [-0.2, 0) is 4.79 Å². The van der Waals surface area contributed by atoms with Crippen LogP contribution < -0.4 is 5.32 Å². The Bertz CT molecular complexity index is 468. The van der Waals surface area contributed by atoms with Gasteiger partial charge in [-0.3, -0.25) is 4.79 Å². The highest BCUT2D eigenvalue weighted by Gasteiger charge is 2.18. The number of likely N-dealkylation sites (N-methyl/N-ethyl adjacent to an activating group) is 1. The van der Waals surface area contributed by atoms with Crippen LogP contribution in [0, 0.1) is 17.6 Å². The quantitative estimate of drug-likeness (QED) is 0.829. The lowest BCUT2D eigenvalue weighted by Gasteiger charge is -2.23. The summed E-state index contributed by atoms with van der Waals surface area (Å²) in [5.74, 6) is -1.79. The van der Waals surface area contributed by atoms with Crippen LogP contribution >= 0.6 is 0 Å². The Balaban J connectivity index is 2.61. The molecule has 2 atom stereocenters. The number of nitrogens with zero attached hydrogens (tertiary/aromatic N) is 1. The van der Waals surface area contributed by atoms with Gasteiger partial charge in [-0.2, -0.15) is 0 Å². The van der Waals surface area contributed by atoms with Crippen molar-refractivity contribution < 1.29 is 18.7 Å². The van der Waals surface area contributed by atoms with Gasteiger partial charge in [-0.25, -0.2) is 8.78 Å². The third-order valence-corrected chi connectivity index (χ3v) is 3.09. The van der Waals surface area contributed by atoms with Gasteiger partial charge in [0.1, 0.15) is 11.6 Å². The number of carbonyl (C=O) groups excluding carboxylic acids is 1. The van der Waals surface area contributed by atoms with E-state index in [0.717, 1.165) is 12.1 Å². The molecule has 0 fully saturated rings. The highest BCUT2D eigenvalue weighted by Crippen LogP contribution is 2.19. The van der Waals surface area contributed by atoms with Gasteiger partial charge in [-0.15, -0.1) is 0 Å². The second kappa shape index (κ2) is 7.31. The monoisotopic (exact) mass is 286 g/mol. The highest BCUT2D eigenvalue weighted by molar-refractivity contribution is 5.78. The van der Waals surface area contributed by atoms with Gasteiger partial charge in [-0.1, -0.05) is 13.0 Å². The summed E-state index contributed by atoms with van der Waals surface area (Å²) in [6.45, 7) is 2.35. The fourth-order valence-corrected chi connectivity index (χ4v) is 2.04. The summed E-state index contributed by atoms with van der Waals surface area (Å²) in [5.41, 5.74) is 0.0471. The van der Waals surface area contributed by atoms with Gasteiger partial charge < -0.3 is 15.3 Å². The van der Waals surface area contributed by atoms with E-state index >= 15 is 0 Å². The van der Waals surface area contributed by atoms with Crippen molar-refractivity contribution in [2.75, 3.05) is 27.2 Å². The van der Waals surface area contributed by atoms with E-state index in [9.17, 15) is 18.7 Å². The van der Waals surface area contributed by atoms with E-state index in [0.29, 0.717) is 6.54 Å². The van der Waals surface area contributed by atoms with Gasteiger partial charge in [0.2, 0.25) is 5.91 Å². The fraction of sp³-hybridized carbons (Fsp3) is 0.500. The maximum Gasteiger partial charge on any atom is 0.223 e. The molecule has 0 aliphatic carbocycles. The number of benzene rings is 1. The number of rotatable bonds is 6. The second-order valence-electron chi connectivity index (χ2n) is 4.92. The minimum atomic E-state index is -1.07. The Morgan fingerprint density at radius 1 is 1.40 bits per heavy atom. The van der Waals surface area contributed by atoms with E-state index in [-0.39, 0.29) is 23.9 Å². The number of halogens is 2. The zero-order chi connectivity index (χ0) is 15.3. The van der Waals surface area contributed by atoms with E-state index in [1.165, 1.54) is 6.07 Å². The minimum Gasteiger partial charge on any atom is -0.387 e. The molecule has 0 aliphatic heterocycles. The smallest absolute Gasteiger partial charge is 0.223 e. The predicted molar refractivity (Wildman–Crippen MR) is 72.0 cm³/mol. The van der Waals surface area contributed by atoms with Gasteiger partial charge in [-0.05, 0) is 13.1 Å². The van der Waals surface area contributed by atoms with Crippen molar-refractivity contribution in [3.05, 3.63) is 35.4 Å². The lowest BCUT2D eigenvalue weighted by atomic mass is 10.1. The van der Waals surface area contributed by atoms with Crippen LogP contribution in [0.25, 0.3) is 0 Å². The van der Waals surface area contributed by atoms with Crippen LogP contribution in [0.2, 0.25) is 0 Å². The molecule has 1 aromatic carbocycles. The molecule has 0 aliphatic rings. The first-order valence-electron chi connectivity index (χ1n) is 6.38. The van der Waals surface area contributed by atoms with Crippen molar-refractivity contribution in [2.45, 2.75) is 13.0 Å². The molecule has 2 unspecified atom stereocenters. The van der Waals surface area contributed by atoms with Crippen molar-refractivity contribution >= 4 is 5.91 Å². The van der Waals surface area contributed by atoms with Crippen molar-refractivity contribution in [2.24, 2.45) is 5.92 Å². The third kappa shape index (κ3) is 4.54. The lowest BCUT2D eigenvalue weighted by molar-refractivity contribution is -0.124. The zero-order valence-electron chi connectivity index (χ0n) is 11.9. The van der Waals surface area contributed by atoms with Crippen LogP contribution in [0.5, 0.6) is 0 Å². The molecule has 0 aromatic heterocycles. The first kappa shape index (κ1) is 16.5. The van der Waals surface area contributed by atoms with Crippen molar-refractivity contribution in [1.82, 2.24) is 10.2 Å². The molecule has 112 valence electrons. The average Bonchev–Trinajstić information content (AvgIpc) is 2.37. The lowest BCUT2D eigenvalue weighted by Crippen LogP contribution is -2.36. The molecule has 0 saturated carbocycles. The van der Waals surface area contributed by atoms with Gasteiger partial charge in [0.05, 0.1) is 6.10 Å². The number of nitrogens with one attached hydrogen (secondary N) is 1. The summed E-state index contributed by atoms with van der Waals surface area (Å²) in [7, 11) is 3.28. The Hall–Kier alpha value is -1.53. The van der Waals surface area contributed by atoms with E-state index in [1.807, 2.05) is 0 Å². The van der Waals surface area contributed by atoms with Crippen molar-refractivity contribution in [1.29, 1.82) is 0 Å². The molecular formula is C14H20F2N2O2. The maximum atomic E-state index is 13.5. The molecule has 0 radical (unpaired) electrons. The molecule has 1 amide bonds. The Labute approximate surface area is 117 Å². The van der Waals surface area contributed by atoms with Crippen LogP contribution in [-0.4, -0.2) is 43.1 Å². The van der Waals surface area contributed by atoms with E-state index in [1.54, 1.807) is 25.9 Å². The standard InChI is InChI=1S/C14H20F2N2O2/c1-9(14(20)17-2)7-18(3)8-13(19)11-5-4-10(15)6-12(11)16/h4-6,9,13,19H,7-8H2,1-3H3,(H,17,20).